The molecular formula is C11H10FNOS. The third-order valence-electron chi connectivity index (χ3n) is 2.68. The minimum absolute atomic E-state index is 0.0342. The van der Waals surface area contributed by atoms with Crippen molar-refractivity contribution in [3.8, 4) is 0 Å². The largest absolute Gasteiger partial charge is 0.338 e. The van der Waals surface area contributed by atoms with E-state index in [2.05, 4.69) is 0 Å². The molecule has 2 nitrogen and oxygen atoms in total. The average molecular weight is 223 g/mol. The SMILES string of the molecule is CC1C(=O)c2ccc(F)cc2N(C)C1=S. The highest BCUT2D eigenvalue weighted by molar-refractivity contribution is 7.80. The van der Waals surface area contributed by atoms with Crippen LogP contribution >= 0.6 is 12.2 Å². The van der Waals surface area contributed by atoms with Crippen LogP contribution in [0.5, 0.6) is 0 Å². The van der Waals surface area contributed by atoms with Crippen molar-refractivity contribution in [3.05, 3.63) is 29.6 Å². The summed E-state index contributed by atoms with van der Waals surface area (Å²) in [6, 6.07) is 4.15. The normalized spacial score (nSPS) is 20.5. The highest BCUT2D eigenvalue weighted by Gasteiger charge is 2.31. The van der Waals surface area contributed by atoms with Crippen molar-refractivity contribution in [2.45, 2.75) is 6.92 Å². The van der Waals surface area contributed by atoms with E-state index in [9.17, 15) is 9.18 Å². The average Bonchev–Trinajstić information content (AvgIpc) is 2.23. The van der Waals surface area contributed by atoms with Crippen molar-refractivity contribution in [2.24, 2.45) is 5.92 Å². The maximum atomic E-state index is 13.0. The fourth-order valence-electron chi connectivity index (χ4n) is 1.75. The second kappa shape index (κ2) is 3.38. The molecular weight excluding hydrogens is 213 g/mol. The Kier molecular flexibility index (Phi) is 2.31. The van der Waals surface area contributed by atoms with Crippen molar-refractivity contribution in [1.82, 2.24) is 0 Å². The van der Waals surface area contributed by atoms with Gasteiger partial charge in [-0.3, -0.25) is 4.79 Å². The van der Waals surface area contributed by atoms with Crippen LogP contribution in [0.2, 0.25) is 0 Å². The van der Waals surface area contributed by atoms with E-state index in [4.69, 9.17) is 12.2 Å². The first kappa shape index (κ1) is 10.2. The number of rotatable bonds is 0. The van der Waals surface area contributed by atoms with Crippen LogP contribution in [0, 0.1) is 11.7 Å². The molecule has 2 rings (SSSR count). The number of carbonyl (C=O) groups is 1. The lowest BCUT2D eigenvalue weighted by Gasteiger charge is -2.31. The number of ketones is 1. The number of anilines is 1. The van der Waals surface area contributed by atoms with Crippen molar-refractivity contribution >= 4 is 28.7 Å². The van der Waals surface area contributed by atoms with E-state index in [1.54, 1.807) is 18.9 Å². The molecule has 0 bridgehead atoms. The summed E-state index contributed by atoms with van der Waals surface area (Å²) in [5, 5.41) is 0. The van der Waals surface area contributed by atoms with Gasteiger partial charge in [-0.05, 0) is 25.1 Å². The van der Waals surface area contributed by atoms with E-state index >= 15 is 0 Å². The maximum Gasteiger partial charge on any atom is 0.174 e. The van der Waals surface area contributed by atoms with Gasteiger partial charge < -0.3 is 4.90 Å². The first-order valence-corrected chi connectivity index (χ1v) is 5.04. The fourth-order valence-corrected chi connectivity index (χ4v) is 1.95. The van der Waals surface area contributed by atoms with Gasteiger partial charge in [0.1, 0.15) is 5.82 Å². The molecule has 1 aromatic rings. The van der Waals surface area contributed by atoms with E-state index in [1.807, 2.05) is 0 Å². The first-order chi connectivity index (χ1) is 7.02. The molecule has 0 aliphatic carbocycles. The number of thiocarbonyl (C=S) groups is 1. The Hall–Kier alpha value is -1.29. The number of hydrogen-bond donors (Lipinski definition) is 0. The highest BCUT2D eigenvalue weighted by Crippen LogP contribution is 2.30. The molecule has 1 aliphatic heterocycles. The molecule has 0 fully saturated rings. The molecule has 0 spiro atoms. The lowest BCUT2D eigenvalue weighted by atomic mass is 9.92. The topological polar surface area (TPSA) is 20.3 Å². The third kappa shape index (κ3) is 1.45. The Labute approximate surface area is 92.7 Å². The minimum Gasteiger partial charge on any atom is -0.338 e. The molecule has 0 saturated carbocycles. The number of carbonyl (C=O) groups excluding carboxylic acids is 1. The van der Waals surface area contributed by atoms with E-state index in [0.29, 0.717) is 16.2 Å². The van der Waals surface area contributed by atoms with E-state index < -0.39 is 0 Å². The lowest BCUT2D eigenvalue weighted by molar-refractivity contribution is 0.0959. The van der Waals surface area contributed by atoms with E-state index in [1.165, 1.54) is 18.2 Å². The Morgan fingerprint density at radius 3 is 2.80 bits per heavy atom. The third-order valence-corrected chi connectivity index (χ3v) is 3.31. The van der Waals surface area contributed by atoms with Crippen LogP contribution in [0.3, 0.4) is 0 Å². The predicted octanol–water partition coefficient (Wildman–Crippen LogP) is 2.42. The summed E-state index contributed by atoms with van der Waals surface area (Å²) in [6.45, 7) is 1.77. The van der Waals surface area contributed by atoms with Gasteiger partial charge in [0, 0.05) is 12.6 Å². The van der Waals surface area contributed by atoms with Gasteiger partial charge in [0.15, 0.2) is 5.78 Å². The molecule has 78 valence electrons. The van der Waals surface area contributed by atoms with Crippen LogP contribution in [-0.2, 0) is 0 Å². The van der Waals surface area contributed by atoms with Crippen molar-refractivity contribution in [3.63, 3.8) is 0 Å². The van der Waals surface area contributed by atoms with E-state index in [0.717, 1.165) is 0 Å². The smallest absolute Gasteiger partial charge is 0.174 e. The number of Topliss-reactive ketones (excluding diaryl/α,β-unsaturated/α-hetero) is 1. The Bertz CT molecular complexity index is 458. The molecule has 1 aliphatic rings. The van der Waals surface area contributed by atoms with Gasteiger partial charge in [-0.1, -0.05) is 12.2 Å². The second-order valence-electron chi connectivity index (χ2n) is 3.64. The molecule has 1 unspecified atom stereocenters. The van der Waals surface area contributed by atoms with Crippen LogP contribution in [0.15, 0.2) is 18.2 Å². The zero-order valence-corrected chi connectivity index (χ0v) is 9.27. The highest BCUT2D eigenvalue weighted by atomic mass is 32.1. The summed E-state index contributed by atoms with van der Waals surface area (Å²) in [6.07, 6.45) is 0. The number of benzene rings is 1. The monoisotopic (exact) mass is 223 g/mol. The Balaban J connectivity index is 2.64. The predicted molar refractivity (Wildman–Crippen MR) is 60.9 cm³/mol. The summed E-state index contributed by atoms with van der Waals surface area (Å²) in [7, 11) is 1.75. The van der Waals surface area contributed by atoms with Crippen molar-refractivity contribution in [1.29, 1.82) is 0 Å². The molecule has 4 heteroatoms. The number of halogens is 1. The van der Waals surface area contributed by atoms with Crippen LogP contribution < -0.4 is 4.90 Å². The molecule has 0 N–H and O–H groups in total. The van der Waals surface area contributed by atoms with Gasteiger partial charge in [0.05, 0.1) is 16.6 Å². The van der Waals surface area contributed by atoms with Crippen LogP contribution in [0.4, 0.5) is 10.1 Å². The Morgan fingerprint density at radius 2 is 2.13 bits per heavy atom. The summed E-state index contributed by atoms with van der Waals surface area (Å²) in [5.74, 6) is -0.693. The summed E-state index contributed by atoms with van der Waals surface area (Å²) >= 11 is 5.13. The van der Waals surface area contributed by atoms with Gasteiger partial charge in [0.2, 0.25) is 0 Å². The van der Waals surface area contributed by atoms with Crippen LogP contribution in [-0.4, -0.2) is 17.8 Å². The molecule has 0 aromatic heterocycles. The van der Waals surface area contributed by atoms with Gasteiger partial charge in [-0.15, -0.1) is 0 Å². The number of fused-ring (bicyclic) bond motifs is 1. The van der Waals surface area contributed by atoms with Gasteiger partial charge in [0.25, 0.3) is 0 Å². The number of hydrogen-bond acceptors (Lipinski definition) is 2. The molecule has 1 aromatic carbocycles. The quantitative estimate of drug-likeness (QED) is 0.630. The first-order valence-electron chi connectivity index (χ1n) is 4.63. The van der Waals surface area contributed by atoms with Crippen molar-refractivity contribution in [2.75, 3.05) is 11.9 Å². The second-order valence-corrected chi connectivity index (χ2v) is 4.06. The standard InChI is InChI=1S/C11H10FNOS/c1-6-10(14)8-4-3-7(12)5-9(8)13(2)11(6)15/h3-6H,1-2H3. The van der Waals surface area contributed by atoms with Gasteiger partial charge in [-0.2, -0.15) is 0 Å². The lowest BCUT2D eigenvalue weighted by Crippen LogP contribution is -2.39. The molecule has 0 radical (unpaired) electrons. The maximum absolute atomic E-state index is 13.0. The van der Waals surface area contributed by atoms with Crippen LogP contribution in [0.1, 0.15) is 17.3 Å². The number of nitrogens with zero attached hydrogens (tertiary/aromatic N) is 1. The molecule has 1 heterocycles. The summed E-state index contributed by atoms with van der Waals surface area (Å²) < 4.78 is 13.0. The fraction of sp³-hybridized carbons (Fsp3) is 0.273. The van der Waals surface area contributed by atoms with E-state index in [-0.39, 0.29) is 17.5 Å². The summed E-state index contributed by atoms with van der Waals surface area (Å²) in [4.78, 5) is 14.1. The zero-order valence-electron chi connectivity index (χ0n) is 8.45. The van der Waals surface area contributed by atoms with Crippen molar-refractivity contribution < 1.29 is 9.18 Å². The van der Waals surface area contributed by atoms with Gasteiger partial charge >= 0.3 is 0 Å². The van der Waals surface area contributed by atoms with Crippen LogP contribution in [0.25, 0.3) is 0 Å². The van der Waals surface area contributed by atoms with Gasteiger partial charge in [-0.25, -0.2) is 4.39 Å². The minimum atomic E-state index is -0.356. The molecule has 0 amide bonds. The molecule has 15 heavy (non-hydrogen) atoms. The molecule has 0 saturated heterocycles. The zero-order chi connectivity index (χ0) is 11.2. The molecule has 1 atom stereocenters. The Morgan fingerprint density at radius 1 is 1.47 bits per heavy atom. The summed E-state index contributed by atoms with van der Waals surface area (Å²) in [5.41, 5.74) is 1.10.